The van der Waals surface area contributed by atoms with Gasteiger partial charge in [0.15, 0.2) is 17.8 Å². The van der Waals surface area contributed by atoms with Crippen LogP contribution in [0, 0.1) is 0 Å². The lowest BCUT2D eigenvalue weighted by Gasteiger charge is -2.23. The standard InChI is InChI=1S/C54H35N7S/c1-5-16-34(17-6-1)49-55-50(35-18-7-2-8-19-35)58-53(57-49)41-25-15-27-47-48(41)43-33-39(29-31-46(43)62-47)38-28-30-45-42(32-38)40-24-13-14-26-44(40)61(45)54-59-51(36-20-9-3-10-21-36)56-52(60-54)37-22-11-4-12-23-37/h1-33,53H,(H,55,57,58). The van der Waals surface area contributed by atoms with Crippen LogP contribution in [0.2, 0.25) is 0 Å². The van der Waals surface area contributed by atoms with Crippen LogP contribution in [0.5, 0.6) is 0 Å². The molecule has 1 aliphatic rings. The molecule has 0 radical (unpaired) electrons. The molecule has 8 aromatic carbocycles. The van der Waals surface area contributed by atoms with Crippen molar-refractivity contribution in [3.05, 3.63) is 217 Å². The molecular weight excluding hydrogens is 779 g/mol. The van der Waals surface area contributed by atoms with Gasteiger partial charge in [-0.15, -0.1) is 11.3 Å². The molecule has 292 valence electrons. The topological polar surface area (TPSA) is 80.3 Å². The SMILES string of the molecule is c1ccc(C2=NC(c3cccc4sc5ccc(-c6ccc7c(c6)c6ccccc6n7-c6nc(-c7ccccc7)nc(-c7ccccc7)n6)cc5c34)N=C(c3ccccc3)N2)cc1. The highest BCUT2D eigenvalue weighted by molar-refractivity contribution is 7.25. The van der Waals surface area contributed by atoms with Crippen molar-refractivity contribution in [2.45, 2.75) is 6.17 Å². The summed E-state index contributed by atoms with van der Waals surface area (Å²) in [6.45, 7) is 0. The third-order valence-corrected chi connectivity index (χ3v) is 12.7. The number of benzene rings is 8. The first-order valence-corrected chi connectivity index (χ1v) is 21.4. The fraction of sp³-hybridized carbons (Fsp3) is 0.0185. The number of amidine groups is 2. The largest absolute Gasteiger partial charge is 0.324 e. The molecule has 11 aromatic rings. The van der Waals surface area contributed by atoms with E-state index >= 15 is 0 Å². The van der Waals surface area contributed by atoms with Crippen LogP contribution < -0.4 is 5.32 Å². The number of nitrogens with one attached hydrogen (secondary N) is 1. The fourth-order valence-corrected chi connectivity index (χ4v) is 9.71. The number of fused-ring (bicyclic) bond motifs is 6. The van der Waals surface area contributed by atoms with Crippen LogP contribution in [-0.4, -0.2) is 31.2 Å². The summed E-state index contributed by atoms with van der Waals surface area (Å²) >= 11 is 1.81. The first kappa shape index (κ1) is 35.8. The van der Waals surface area contributed by atoms with E-state index < -0.39 is 6.17 Å². The third-order valence-electron chi connectivity index (χ3n) is 11.5. The number of rotatable bonds is 7. The molecule has 1 N–H and O–H groups in total. The van der Waals surface area contributed by atoms with Crippen molar-refractivity contribution in [2.24, 2.45) is 9.98 Å². The van der Waals surface area contributed by atoms with Crippen molar-refractivity contribution in [1.82, 2.24) is 24.8 Å². The monoisotopic (exact) mass is 813 g/mol. The van der Waals surface area contributed by atoms with E-state index in [1.807, 2.05) is 108 Å². The highest BCUT2D eigenvalue weighted by Crippen LogP contribution is 2.42. The highest BCUT2D eigenvalue weighted by Gasteiger charge is 2.24. The summed E-state index contributed by atoms with van der Waals surface area (Å²) in [6.07, 6.45) is -0.436. The Bertz CT molecular complexity index is 3430. The van der Waals surface area contributed by atoms with Crippen LogP contribution in [-0.2, 0) is 0 Å². The molecule has 0 fully saturated rings. The molecule has 0 aliphatic carbocycles. The molecule has 1 aliphatic heterocycles. The van der Waals surface area contributed by atoms with E-state index in [1.165, 1.54) is 20.2 Å². The van der Waals surface area contributed by atoms with Gasteiger partial charge in [0.1, 0.15) is 11.7 Å². The molecule has 0 bridgehead atoms. The van der Waals surface area contributed by atoms with Gasteiger partial charge in [0, 0.05) is 58.8 Å². The first-order valence-electron chi connectivity index (χ1n) is 20.6. The van der Waals surface area contributed by atoms with Gasteiger partial charge < -0.3 is 5.32 Å². The van der Waals surface area contributed by atoms with E-state index in [0.29, 0.717) is 17.6 Å². The van der Waals surface area contributed by atoms with Crippen molar-refractivity contribution >= 4 is 65.0 Å². The Kier molecular flexibility index (Phi) is 8.60. The Morgan fingerprint density at radius 1 is 0.403 bits per heavy atom. The minimum absolute atomic E-state index is 0.436. The van der Waals surface area contributed by atoms with Gasteiger partial charge in [-0.05, 0) is 47.5 Å². The summed E-state index contributed by atoms with van der Waals surface area (Å²) < 4.78 is 4.60. The summed E-state index contributed by atoms with van der Waals surface area (Å²) in [5, 5.41) is 8.17. The van der Waals surface area contributed by atoms with Gasteiger partial charge >= 0.3 is 0 Å². The number of para-hydroxylation sites is 1. The smallest absolute Gasteiger partial charge is 0.238 e. The average molecular weight is 814 g/mol. The molecule has 62 heavy (non-hydrogen) atoms. The van der Waals surface area contributed by atoms with Crippen LogP contribution in [0.1, 0.15) is 22.9 Å². The highest BCUT2D eigenvalue weighted by atomic mass is 32.1. The van der Waals surface area contributed by atoms with Gasteiger partial charge in [-0.2, -0.15) is 9.97 Å². The average Bonchev–Trinajstić information content (AvgIpc) is 3.90. The second-order valence-corrected chi connectivity index (χ2v) is 16.4. The molecule has 0 atom stereocenters. The lowest BCUT2D eigenvalue weighted by atomic mass is 9.98. The Labute approximate surface area is 361 Å². The Morgan fingerprint density at radius 2 is 0.935 bits per heavy atom. The van der Waals surface area contributed by atoms with E-state index in [-0.39, 0.29) is 0 Å². The summed E-state index contributed by atoms with van der Waals surface area (Å²) in [5.74, 6) is 3.43. The maximum atomic E-state index is 5.26. The second kappa shape index (κ2) is 14.9. The molecule has 3 aromatic heterocycles. The first-order chi connectivity index (χ1) is 30.7. The maximum absolute atomic E-state index is 5.26. The normalized spacial score (nSPS) is 13.1. The van der Waals surface area contributed by atoms with E-state index in [1.54, 1.807) is 0 Å². The van der Waals surface area contributed by atoms with E-state index in [9.17, 15) is 0 Å². The van der Waals surface area contributed by atoms with Gasteiger partial charge in [-0.1, -0.05) is 164 Å². The van der Waals surface area contributed by atoms with Crippen molar-refractivity contribution in [3.8, 4) is 39.9 Å². The molecule has 0 saturated heterocycles. The van der Waals surface area contributed by atoms with Crippen LogP contribution in [0.25, 0.3) is 81.8 Å². The van der Waals surface area contributed by atoms with Gasteiger partial charge in [0.05, 0.1) is 11.0 Å². The predicted molar refractivity (Wildman–Crippen MR) is 255 cm³/mol. The number of nitrogens with zero attached hydrogens (tertiary/aromatic N) is 6. The van der Waals surface area contributed by atoms with E-state index in [4.69, 9.17) is 24.9 Å². The molecule has 0 saturated carbocycles. The van der Waals surface area contributed by atoms with Gasteiger partial charge in [-0.25, -0.2) is 15.0 Å². The van der Waals surface area contributed by atoms with Crippen molar-refractivity contribution in [3.63, 3.8) is 0 Å². The molecule has 0 spiro atoms. The lowest BCUT2D eigenvalue weighted by Crippen LogP contribution is -2.36. The molecule has 0 unspecified atom stereocenters. The number of thiophene rings is 1. The Hall–Kier alpha value is -8.07. The Morgan fingerprint density at radius 3 is 1.56 bits per heavy atom. The second-order valence-electron chi connectivity index (χ2n) is 15.3. The van der Waals surface area contributed by atoms with Crippen LogP contribution in [0.4, 0.5) is 0 Å². The quantitative estimate of drug-likeness (QED) is 0.174. The number of aromatic nitrogens is 4. The lowest BCUT2D eigenvalue weighted by molar-refractivity contribution is 0.763. The van der Waals surface area contributed by atoms with Gasteiger partial charge in [0.25, 0.3) is 0 Å². The van der Waals surface area contributed by atoms with Crippen LogP contribution in [0.3, 0.4) is 0 Å². The van der Waals surface area contributed by atoms with Crippen LogP contribution in [0.15, 0.2) is 210 Å². The van der Waals surface area contributed by atoms with Crippen LogP contribution >= 0.6 is 11.3 Å². The van der Waals surface area contributed by atoms with Gasteiger partial charge in [-0.3, -0.25) is 4.57 Å². The molecule has 12 rings (SSSR count). The maximum Gasteiger partial charge on any atom is 0.238 e. The summed E-state index contributed by atoms with van der Waals surface area (Å²) in [4.78, 5) is 25.7. The van der Waals surface area contributed by atoms with E-state index in [0.717, 1.165) is 72.4 Å². The van der Waals surface area contributed by atoms with Gasteiger partial charge in [0.2, 0.25) is 5.95 Å². The molecule has 8 heteroatoms. The zero-order valence-electron chi connectivity index (χ0n) is 33.2. The zero-order valence-corrected chi connectivity index (χ0v) is 34.0. The number of hydrogen-bond donors (Lipinski definition) is 1. The summed E-state index contributed by atoms with van der Waals surface area (Å²) in [5.41, 5.74) is 9.29. The van der Waals surface area contributed by atoms with Crippen molar-refractivity contribution < 1.29 is 0 Å². The molecular formula is C54H35N7S. The third kappa shape index (κ3) is 6.24. The Balaban J connectivity index is 1.00. The summed E-state index contributed by atoms with van der Waals surface area (Å²) in [6, 6.07) is 69.4. The number of aliphatic imine (C=N–C) groups is 2. The minimum atomic E-state index is -0.436. The summed E-state index contributed by atoms with van der Waals surface area (Å²) in [7, 11) is 0. The molecule has 4 heterocycles. The van der Waals surface area contributed by atoms with Crippen molar-refractivity contribution in [1.29, 1.82) is 0 Å². The van der Waals surface area contributed by atoms with E-state index in [2.05, 4.69) is 113 Å². The minimum Gasteiger partial charge on any atom is -0.324 e. The molecule has 0 amide bonds. The molecule has 7 nitrogen and oxygen atoms in total. The van der Waals surface area contributed by atoms with Crippen molar-refractivity contribution in [2.75, 3.05) is 0 Å². The number of hydrogen-bond acceptors (Lipinski definition) is 7. The fourth-order valence-electron chi connectivity index (χ4n) is 8.59. The predicted octanol–water partition coefficient (Wildman–Crippen LogP) is 12.8. The zero-order chi connectivity index (χ0) is 41.0.